The van der Waals surface area contributed by atoms with Gasteiger partial charge in [-0.15, -0.1) is 10.1 Å². The standard InChI is InChI=1S/C22H22FN3O7S/c1-14-19(13-20(27)32-11-12-33-26(28)29)21(24)22(25(14)17-7-5-16(23)6-8-17)15-3-9-18(10-4-15)34(2,30)31/h3-10H,11-13,24H2,1-2H3. The summed E-state index contributed by atoms with van der Waals surface area (Å²) in [5, 5.41) is 9.21. The lowest BCUT2D eigenvalue weighted by Crippen LogP contribution is -2.15. The largest absolute Gasteiger partial charge is 0.463 e. The van der Waals surface area contributed by atoms with Crippen molar-refractivity contribution in [2.75, 3.05) is 25.2 Å². The number of halogens is 1. The monoisotopic (exact) mass is 491 g/mol. The summed E-state index contributed by atoms with van der Waals surface area (Å²) in [5.74, 6) is -1.10. The number of nitrogens with zero attached hydrogens (tertiary/aromatic N) is 2. The molecule has 2 aromatic carbocycles. The van der Waals surface area contributed by atoms with Crippen LogP contribution >= 0.6 is 0 Å². The van der Waals surface area contributed by atoms with Crippen LogP contribution in [0, 0.1) is 22.9 Å². The van der Waals surface area contributed by atoms with Gasteiger partial charge in [-0.1, -0.05) is 12.1 Å². The lowest BCUT2D eigenvalue weighted by Gasteiger charge is -2.13. The van der Waals surface area contributed by atoms with Crippen LogP contribution in [0.1, 0.15) is 11.3 Å². The Balaban J connectivity index is 2.03. The van der Waals surface area contributed by atoms with Crippen LogP contribution in [0.2, 0.25) is 0 Å². The van der Waals surface area contributed by atoms with Crippen LogP contribution in [0.15, 0.2) is 53.4 Å². The predicted molar refractivity (Wildman–Crippen MR) is 121 cm³/mol. The minimum absolute atomic E-state index is 0.132. The maximum absolute atomic E-state index is 13.5. The third-order valence-electron chi connectivity index (χ3n) is 5.08. The number of ether oxygens (including phenoxy) is 1. The summed E-state index contributed by atoms with van der Waals surface area (Å²) in [6.45, 7) is 1.02. The fraction of sp³-hybridized carbons (Fsp3) is 0.227. The molecule has 0 bridgehead atoms. The van der Waals surface area contributed by atoms with Gasteiger partial charge in [0.1, 0.15) is 19.0 Å². The molecule has 0 aliphatic carbocycles. The number of nitrogens with two attached hydrogens (primary N) is 1. The van der Waals surface area contributed by atoms with Crippen LogP contribution in [0.25, 0.3) is 16.9 Å². The predicted octanol–water partition coefficient (Wildman–Crippen LogP) is 2.87. The third-order valence-corrected chi connectivity index (χ3v) is 6.21. The lowest BCUT2D eigenvalue weighted by atomic mass is 10.1. The summed E-state index contributed by atoms with van der Waals surface area (Å²) in [6, 6.07) is 11.8. The average Bonchev–Trinajstić information content (AvgIpc) is 3.01. The second-order valence-electron chi connectivity index (χ2n) is 7.39. The molecule has 12 heteroatoms. The van der Waals surface area contributed by atoms with Crippen LogP contribution in [-0.4, -0.2) is 43.5 Å². The number of sulfone groups is 1. The molecule has 180 valence electrons. The van der Waals surface area contributed by atoms with Crippen LogP contribution in [0.3, 0.4) is 0 Å². The van der Waals surface area contributed by atoms with Crippen molar-refractivity contribution in [3.8, 4) is 16.9 Å². The number of benzene rings is 2. The van der Waals surface area contributed by atoms with E-state index in [4.69, 9.17) is 10.5 Å². The smallest absolute Gasteiger partial charge is 0.310 e. The van der Waals surface area contributed by atoms with Crippen LogP contribution in [0.5, 0.6) is 0 Å². The van der Waals surface area contributed by atoms with E-state index in [-0.39, 0.29) is 23.6 Å². The van der Waals surface area contributed by atoms with Gasteiger partial charge in [-0.2, -0.15) is 0 Å². The zero-order chi connectivity index (χ0) is 25.0. The summed E-state index contributed by atoms with van der Waals surface area (Å²) in [4.78, 5) is 26.8. The Morgan fingerprint density at radius 2 is 1.74 bits per heavy atom. The van der Waals surface area contributed by atoms with Gasteiger partial charge in [0.15, 0.2) is 9.84 Å². The third kappa shape index (κ3) is 5.52. The van der Waals surface area contributed by atoms with Crippen molar-refractivity contribution in [2.45, 2.75) is 18.2 Å². The highest BCUT2D eigenvalue weighted by molar-refractivity contribution is 7.90. The molecule has 10 nitrogen and oxygen atoms in total. The van der Waals surface area contributed by atoms with E-state index in [2.05, 4.69) is 4.84 Å². The maximum Gasteiger partial charge on any atom is 0.310 e. The number of hydrogen-bond acceptors (Lipinski definition) is 8. The zero-order valence-electron chi connectivity index (χ0n) is 18.4. The van der Waals surface area contributed by atoms with Crippen LogP contribution in [-0.2, 0) is 30.6 Å². The molecular weight excluding hydrogens is 469 g/mol. The molecule has 0 fully saturated rings. The van der Waals surface area contributed by atoms with Gasteiger partial charge in [-0.25, -0.2) is 12.8 Å². The first-order chi connectivity index (χ1) is 16.0. The Hall–Kier alpha value is -3.93. The summed E-state index contributed by atoms with van der Waals surface area (Å²) in [7, 11) is -3.41. The van der Waals surface area contributed by atoms with Crippen LogP contribution < -0.4 is 5.73 Å². The van der Waals surface area contributed by atoms with Crippen molar-refractivity contribution in [3.63, 3.8) is 0 Å². The number of carbonyl (C=O) groups is 1. The average molecular weight is 491 g/mol. The van der Waals surface area contributed by atoms with Gasteiger partial charge in [0, 0.05) is 28.8 Å². The van der Waals surface area contributed by atoms with Crippen molar-refractivity contribution in [3.05, 3.63) is 75.7 Å². The topological polar surface area (TPSA) is 144 Å². The number of esters is 1. The lowest BCUT2D eigenvalue weighted by molar-refractivity contribution is -0.757. The van der Waals surface area contributed by atoms with Gasteiger partial charge in [-0.05, 0) is 43.3 Å². The van der Waals surface area contributed by atoms with Crippen molar-refractivity contribution < 1.29 is 32.3 Å². The summed E-state index contributed by atoms with van der Waals surface area (Å²) in [6.07, 6.45) is 0.876. The van der Waals surface area contributed by atoms with Crippen molar-refractivity contribution in [1.29, 1.82) is 0 Å². The normalized spacial score (nSPS) is 11.3. The Morgan fingerprint density at radius 3 is 2.29 bits per heavy atom. The Bertz CT molecular complexity index is 1320. The van der Waals surface area contributed by atoms with Gasteiger partial charge in [-0.3, -0.25) is 4.79 Å². The molecule has 0 saturated carbocycles. The summed E-state index contributed by atoms with van der Waals surface area (Å²) in [5.41, 5.74) is 9.38. The molecule has 34 heavy (non-hydrogen) atoms. The van der Waals surface area contributed by atoms with Gasteiger partial charge >= 0.3 is 5.97 Å². The molecule has 0 aliphatic rings. The first-order valence-corrected chi connectivity index (χ1v) is 11.9. The van der Waals surface area contributed by atoms with E-state index in [9.17, 15) is 27.7 Å². The fourth-order valence-electron chi connectivity index (χ4n) is 3.50. The Morgan fingerprint density at radius 1 is 1.12 bits per heavy atom. The minimum Gasteiger partial charge on any atom is -0.463 e. The van der Waals surface area contributed by atoms with Crippen LogP contribution in [0.4, 0.5) is 10.1 Å². The summed E-state index contributed by atoms with van der Waals surface area (Å²) >= 11 is 0. The van der Waals surface area contributed by atoms with E-state index < -0.39 is 33.3 Å². The first kappa shape index (κ1) is 24.7. The molecule has 1 heterocycles. The quantitative estimate of drug-likeness (QED) is 0.208. The molecule has 3 aromatic rings. The SMILES string of the molecule is Cc1c(CC(=O)OCCO[N+](=O)[O-])c(N)c(-c2ccc(S(C)(=O)=O)cc2)n1-c1ccc(F)cc1. The minimum atomic E-state index is -3.41. The molecule has 0 spiro atoms. The molecule has 0 amide bonds. The highest BCUT2D eigenvalue weighted by Gasteiger charge is 2.23. The van der Waals surface area contributed by atoms with Crippen molar-refractivity contribution in [2.24, 2.45) is 0 Å². The molecular formula is C22H22FN3O7S. The number of aromatic nitrogens is 1. The van der Waals surface area contributed by atoms with Gasteiger partial charge in [0.05, 0.1) is 22.7 Å². The van der Waals surface area contributed by atoms with E-state index in [0.717, 1.165) is 6.26 Å². The highest BCUT2D eigenvalue weighted by Crippen LogP contribution is 2.37. The number of rotatable bonds is 9. The van der Waals surface area contributed by atoms with E-state index in [1.54, 1.807) is 35.8 Å². The fourth-order valence-corrected chi connectivity index (χ4v) is 4.13. The number of nitrogen functional groups attached to an aromatic ring is 1. The first-order valence-electron chi connectivity index (χ1n) is 9.98. The molecule has 1 aromatic heterocycles. The number of hydrogen-bond donors (Lipinski definition) is 1. The van der Waals surface area contributed by atoms with E-state index in [1.807, 2.05) is 0 Å². The van der Waals surface area contributed by atoms with Crippen molar-refractivity contribution in [1.82, 2.24) is 4.57 Å². The molecule has 0 aliphatic heterocycles. The zero-order valence-corrected chi connectivity index (χ0v) is 19.2. The van der Waals surface area contributed by atoms with Crippen molar-refractivity contribution >= 4 is 21.5 Å². The summed E-state index contributed by atoms with van der Waals surface area (Å²) < 4.78 is 43.9. The number of carbonyl (C=O) groups excluding carboxylic acids is 1. The van der Waals surface area contributed by atoms with Gasteiger partial charge < -0.3 is 19.9 Å². The maximum atomic E-state index is 13.5. The number of anilines is 1. The van der Waals surface area contributed by atoms with E-state index >= 15 is 0 Å². The second-order valence-corrected chi connectivity index (χ2v) is 9.40. The Kier molecular flexibility index (Phi) is 7.20. The second kappa shape index (κ2) is 9.91. The molecule has 0 unspecified atom stereocenters. The van der Waals surface area contributed by atoms with Gasteiger partial charge in [0.2, 0.25) is 0 Å². The van der Waals surface area contributed by atoms with Gasteiger partial charge in [0.25, 0.3) is 5.09 Å². The van der Waals surface area contributed by atoms with E-state index in [0.29, 0.717) is 28.2 Å². The molecule has 0 saturated heterocycles. The Labute approximate surface area is 194 Å². The molecule has 0 radical (unpaired) electrons. The molecule has 0 atom stereocenters. The van der Waals surface area contributed by atoms with E-state index in [1.165, 1.54) is 24.3 Å². The molecule has 2 N–H and O–H groups in total. The molecule has 3 rings (SSSR count). The highest BCUT2D eigenvalue weighted by atomic mass is 32.2.